The highest BCUT2D eigenvalue weighted by molar-refractivity contribution is 9.10. The van der Waals surface area contributed by atoms with Gasteiger partial charge in [-0.3, -0.25) is 14.4 Å². The van der Waals surface area contributed by atoms with Gasteiger partial charge in [0.05, 0.1) is 16.3 Å². The molecular formula is C27H22BrClF3N7O4. The van der Waals surface area contributed by atoms with Crippen molar-refractivity contribution in [1.29, 1.82) is 0 Å². The van der Waals surface area contributed by atoms with E-state index in [1.165, 1.54) is 18.3 Å². The van der Waals surface area contributed by atoms with Crippen molar-refractivity contribution in [2.24, 2.45) is 0 Å². The minimum Gasteiger partial charge on any atom is -0.505 e. The fourth-order valence-corrected chi connectivity index (χ4v) is 6.72. The predicted octanol–water partition coefficient (Wildman–Crippen LogP) is 4.23. The summed E-state index contributed by atoms with van der Waals surface area (Å²) in [6.45, 7) is -0.316. The zero-order chi connectivity index (χ0) is 30.7. The highest BCUT2D eigenvalue weighted by atomic mass is 79.9. The molecule has 0 saturated heterocycles. The number of anilines is 1. The first-order valence-corrected chi connectivity index (χ1v) is 14.3. The highest BCUT2D eigenvalue weighted by Crippen LogP contribution is 2.49. The van der Waals surface area contributed by atoms with Gasteiger partial charge < -0.3 is 20.3 Å². The zero-order valence-corrected chi connectivity index (χ0v) is 24.4. The van der Waals surface area contributed by atoms with E-state index in [1.54, 1.807) is 4.57 Å². The average Bonchev–Trinajstić information content (AvgIpc) is 3.64. The number of hydrogen-bond donors (Lipinski definition) is 3. The Labute approximate surface area is 254 Å². The number of fused-ring (bicyclic) bond motifs is 3. The van der Waals surface area contributed by atoms with Gasteiger partial charge in [0.25, 0.3) is 11.5 Å². The number of carbonyl (C=O) groups is 2. The topological polar surface area (TPSA) is 144 Å². The summed E-state index contributed by atoms with van der Waals surface area (Å²) < 4.78 is 41.9. The molecule has 2 aliphatic carbocycles. The molecule has 4 aromatic rings. The first-order chi connectivity index (χ1) is 20.4. The minimum absolute atomic E-state index is 0.000754. The number of carbonyl (C=O) groups excluding carboxylic acids is 2. The SMILES string of the molecule is O=C(Cn1c2c(c(=O)n3nc(Br)nc13)C1(CC2)CCC(NC(=O)c2ncccc2O)C1)Nc1ccc(C(F)(F)F)cc1Cl. The van der Waals surface area contributed by atoms with E-state index >= 15 is 0 Å². The van der Waals surface area contributed by atoms with E-state index in [9.17, 15) is 32.7 Å². The van der Waals surface area contributed by atoms with Crippen LogP contribution in [-0.4, -0.2) is 47.1 Å². The normalized spacial score (nSPS) is 19.6. The molecule has 3 heterocycles. The van der Waals surface area contributed by atoms with Crippen LogP contribution in [-0.2, 0) is 29.4 Å². The van der Waals surface area contributed by atoms with Crippen LogP contribution in [0.4, 0.5) is 18.9 Å². The summed E-state index contributed by atoms with van der Waals surface area (Å²) in [7, 11) is 0. The lowest BCUT2D eigenvalue weighted by molar-refractivity contribution is -0.137. The maximum Gasteiger partial charge on any atom is 0.416 e. The van der Waals surface area contributed by atoms with Crippen molar-refractivity contribution in [2.75, 3.05) is 5.32 Å². The van der Waals surface area contributed by atoms with Crippen molar-refractivity contribution < 1.29 is 27.9 Å². The molecule has 3 aromatic heterocycles. The molecule has 11 nitrogen and oxygen atoms in total. The van der Waals surface area contributed by atoms with Gasteiger partial charge in [0.15, 0.2) is 5.69 Å². The van der Waals surface area contributed by atoms with Crippen molar-refractivity contribution in [3.05, 3.63) is 79.2 Å². The van der Waals surface area contributed by atoms with Gasteiger partial charge in [0.2, 0.25) is 16.4 Å². The Hall–Kier alpha value is -3.98. The monoisotopic (exact) mass is 679 g/mol. The van der Waals surface area contributed by atoms with Crippen molar-refractivity contribution in [1.82, 2.24) is 29.5 Å². The maximum absolute atomic E-state index is 13.8. The Morgan fingerprint density at radius 2 is 2.02 bits per heavy atom. The van der Waals surface area contributed by atoms with Crippen LogP contribution in [0.2, 0.25) is 5.02 Å². The number of halogens is 5. The van der Waals surface area contributed by atoms with Crippen LogP contribution >= 0.6 is 27.5 Å². The summed E-state index contributed by atoms with van der Waals surface area (Å²) in [6.07, 6.45) is -0.547. The number of nitrogens with one attached hydrogen (secondary N) is 2. The molecule has 0 bridgehead atoms. The summed E-state index contributed by atoms with van der Waals surface area (Å²) in [5, 5.41) is 19.4. The number of aromatic nitrogens is 5. The first kappa shape index (κ1) is 29.1. The van der Waals surface area contributed by atoms with Gasteiger partial charge in [0, 0.05) is 28.9 Å². The molecule has 3 N–H and O–H groups in total. The summed E-state index contributed by atoms with van der Waals surface area (Å²) in [4.78, 5) is 48.0. The standard InChI is InChI=1S/C27H22BrClF3N7O4/c28-24-36-25-38(12-19(41)35-16-4-3-13(10-15(16)29)27(30,31)32)17-6-8-26(20(17)23(43)39(25)37-24)7-5-14(11-26)34-22(42)21-18(40)2-1-9-33-21/h1-4,9-10,14,40H,5-8,11-12H2,(H,34,42)(H,35,41). The van der Waals surface area contributed by atoms with Crippen LogP contribution in [0.5, 0.6) is 5.75 Å². The third-order valence-corrected chi connectivity index (χ3v) is 8.66. The molecule has 1 fully saturated rings. The quantitative estimate of drug-likeness (QED) is 0.286. The van der Waals surface area contributed by atoms with Crippen molar-refractivity contribution >= 4 is 50.8 Å². The van der Waals surface area contributed by atoms with Crippen molar-refractivity contribution in [3.63, 3.8) is 0 Å². The third kappa shape index (κ3) is 5.24. The van der Waals surface area contributed by atoms with E-state index in [0.717, 1.165) is 22.7 Å². The summed E-state index contributed by atoms with van der Waals surface area (Å²) in [5.41, 5.74) is -0.935. The van der Waals surface area contributed by atoms with Gasteiger partial charge >= 0.3 is 6.18 Å². The Morgan fingerprint density at radius 1 is 1.23 bits per heavy atom. The number of nitrogens with zero attached hydrogens (tertiary/aromatic N) is 5. The summed E-state index contributed by atoms with van der Waals surface area (Å²) >= 11 is 9.23. The van der Waals surface area contributed by atoms with E-state index in [4.69, 9.17) is 11.6 Å². The zero-order valence-electron chi connectivity index (χ0n) is 22.1. The second kappa shape index (κ2) is 10.6. The summed E-state index contributed by atoms with van der Waals surface area (Å²) in [5.74, 6) is -1.24. The Kier molecular flexibility index (Phi) is 7.19. The molecule has 1 aromatic carbocycles. The van der Waals surface area contributed by atoms with E-state index in [2.05, 4.69) is 41.6 Å². The lowest BCUT2D eigenvalue weighted by Gasteiger charge is -2.25. The molecular weight excluding hydrogens is 659 g/mol. The molecule has 224 valence electrons. The minimum atomic E-state index is -4.59. The molecule has 6 rings (SSSR count). The van der Waals surface area contributed by atoms with Gasteiger partial charge in [-0.25, -0.2) is 4.98 Å². The second-order valence-electron chi connectivity index (χ2n) is 10.6. The Balaban J connectivity index is 1.29. The first-order valence-electron chi connectivity index (χ1n) is 13.2. The number of pyridine rings is 1. The smallest absolute Gasteiger partial charge is 0.416 e. The van der Waals surface area contributed by atoms with E-state index in [-0.39, 0.29) is 50.8 Å². The predicted molar refractivity (Wildman–Crippen MR) is 151 cm³/mol. The second-order valence-corrected chi connectivity index (χ2v) is 11.7. The number of rotatable bonds is 5. The van der Waals surface area contributed by atoms with Gasteiger partial charge in [0.1, 0.15) is 12.3 Å². The molecule has 2 amide bonds. The lowest BCUT2D eigenvalue weighted by Crippen LogP contribution is -2.37. The Bertz CT molecular complexity index is 1860. The van der Waals surface area contributed by atoms with Crippen LogP contribution in [0, 0.1) is 0 Å². The van der Waals surface area contributed by atoms with Crippen LogP contribution in [0.3, 0.4) is 0 Å². The average molecular weight is 681 g/mol. The van der Waals surface area contributed by atoms with E-state index in [1.807, 2.05) is 0 Å². The molecule has 2 aliphatic rings. The molecule has 0 aliphatic heterocycles. The van der Waals surface area contributed by atoms with Gasteiger partial charge in [-0.05, 0) is 78.4 Å². The van der Waals surface area contributed by atoms with Gasteiger partial charge in [-0.2, -0.15) is 22.7 Å². The maximum atomic E-state index is 13.8. The number of alkyl halides is 3. The number of benzene rings is 1. The van der Waals surface area contributed by atoms with Crippen molar-refractivity contribution in [3.8, 4) is 5.75 Å². The lowest BCUT2D eigenvalue weighted by atomic mass is 9.81. The number of amides is 2. The molecule has 1 saturated carbocycles. The third-order valence-electron chi connectivity index (χ3n) is 8.01. The van der Waals surface area contributed by atoms with Crippen LogP contribution in [0.25, 0.3) is 5.78 Å². The van der Waals surface area contributed by atoms with E-state index in [0.29, 0.717) is 43.4 Å². The fraction of sp³-hybridized carbons (Fsp3) is 0.333. The van der Waals surface area contributed by atoms with Gasteiger partial charge in [-0.15, -0.1) is 5.10 Å². The fourth-order valence-electron chi connectivity index (χ4n) is 6.17. The molecule has 0 radical (unpaired) electrons. The number of hydrogen-bond acceptors (Lipinski definition) is 7. The van der Waals surface area contributed by atoms with Crippen molar-refractivity contribution in [2.45, 2.75) is 56.3 Å². The summed E-state index contributed by atoms with van der Waals surface area (Å²) in [6, 6.07) is 5.22. The number of aromatic hydroxyl groups is 1. The Morgan fingerprint density at radius 3 is 2.74 bits per heavy atom. The molecule has 2 unspecified atom stereocenters. The molecule has 43 heavy (non-hydrogen) atoms. The van der Waals surface area contributed by atoms with Crippen LogP contribution in [0.1, 0.15) is 53.0 Å². The largest absolute Gasteiger partial charge is 0.505 e. The molecule has 16 heteroatoms. The van der Waals surface area contributed by atoms with Crippen LogP contribution in [0.15, 0.2) is 46.1 Å². The van der Waals surface area contributed by atoms with E-state index < -0.39 is 29.0 Å². The van der Waals surface area contributed by atoms with Gasteiger partial charge in [-0.1, -0.05) is 11.6 Å². The molecule has 2 atom stereocenters. The highest BCUT2D eigenvalue weighted by Gasteiger charge is 2.49. The van der Waals surface area contributed by atoms with Crippen LogP contribution < -0.4 is 16.2 Å². The molecule has 1 spiro atoms.